The molecule has 0 spiro atoms. The molecule has 0 bridgehead atoms. The zero-order valence-corrected chi connectivity index (χ0v) is 18.1. The standard InChI is InChI=1S/C24H21NO5S/c1-17-4-11-22(12-5-17)31(26,27)30-23-13-6-18(15-24(23)29-3)14-20(16-25)19-7-9-21(28-2)10-8-19/h4-15H,1-3H3/b20-14+. The Balaban J connectivity index is 1.90. The van der Waals surface area contributed by atoms with Gasteiger partial charge in [0.25, 0.3) is 0 Å². The van der Waals surface area contributed by atoms with Crippen molar-refractivity contribution in [3.8, 4) is 23.3 Å². The van der Waals surface area contributed by atoms with Crippen molar-refractivity contribution >= 4 is 21.8 Å². The second-order valence-electron chi connectivity index (χ2n) is 6.66. The van der Waals surface area contributed by atoms with Crippen LogP contribution in [0.25, 0.3) is 11.6 Å². The van der Waals surface area contributed by atoms with Crippen molar-refractivity contribution in [2.45, 2.75) is 11.8 Å². The van der Waals surface area contributed by atoms with Crippen molar-refractivity contribution in [2.24, 2.45) is 0 Å². The molecule has 0 aliphatic heterocycles. The number of nitrogens with zero attached hydrogens (tertiary/aromatic N) is 1. The minimum atomic E-state index is -4.01. The Bertz CT molecular complexity index is 1240. The molecule has 158 valence electrons. The van der Waals surface area contributed by atoms with Crippen molar-refractivity contribution in [3.63, 3.8) is 0 Å². The molecule has 0 aliphatic rings. The van der Waals surface area contributed by atoms with Gasteiger partial charge in [0.1, 0.15) is 10.6 Å². The predicted molar refractivity (Wildman–Crippen MR) is 118 cm³/mol. The van der Waals surface area contributed by atoms with Gasteiger partial charge in [-0.1, -0.05) is 23.8 Å². The second-order valence-corrected chi connectivity index (χ2v) is 8.21. The summed E-state index contributed by atoms with van der Waals surface area (Å²) < 4.78 is 40.9. The molecule has 0 atom stereocenters. The van der Waals surface area contributed by atoms with Crippen LogP contribution in [0.1, 0.15) is 16.7 Å². The molecule has 3 rings (SSSR count). The van der Waals surface area contributed by atoms with Crippen LogP contribution < -0.4 is 13.7 Å². The minimum absolute atomic E-state index is 0.0513. The smallest absolute Gasteiger partial charge is 0.339 e. The third-order valence-electron chi connectivity index (χ3n) is 4.53. The molecule has 0 saturated heterocycles. The molecule has 0 aliphatic carbocycles. The van der Waals surface area contributed by atoms with E-state index in [4.69, 9.17) is 13.7 Å². The van der Waals surface area contributed by atoms with E-state index in [9.17, 15) is 13.7 Å². The Hall–Kier alpha value is -3.76. The largest absolute Gasteiger partial charge is 0.497 e. The summed E-state index contributed by atoms with van der Waals surface area (Å²) in [6.45, 7) is 1.87. The van der Waals surface area contributed by atoms with Gasteiger partial charge in [0, 0.05) is 0 Å². The molecule has 7 heteroatoms. The van der Waals surface area contributed by atoms with Crippen LogP contribution in [0.4, 0.5) is 0 Å². The lowest BCUT2D eigenvalue weighted by molar-refractivity contribution is 0.390. The monoisotopic (exact) mass is 435 g/mol. The second kappa shape index (κ2) is 9.37. The number of ether oxygens (including phenoxy) is 2. The topological polar surface area (TPSA) is 85.6 Å². The van der Waals surface area contributed by atoms with E-state index in [0.29, 0.717) is 16.9 Å². The molecular weight excluding hydrogens is 414 g/mol. The van der Waals surface area contributed by atoms with Crippen molar-refractivity contribution in [2.75, 3.05) is 14.2 Å². The molecular formula is C24H21NO5S. The summed E-state index contributed by atoms with van der Waals surface area (Å²) in [6, 6.07) is 20.4. The summed E-state index contributed by atoms with van der Waals surface area (Å²) in [4.78, 5) is 0.0513. The molecule has 0 radical (unpaired) electrons. The SMILES string of the molecule is COc1ccc(/C(C#N)=C/c2ccc(OS(=O)(=O)c3ccc(C)cc3)c(OC)c2)cc1. The predicted octanol–water partition coefficient (Wildman–Crippen LogP) is 4.84. The molecule has 0 fully saturated rings. The lowest BCUT2D eigenvalue weighted by Gasteiger charge is -2.12. The number of hydrogen-bond donors (Lipinski definition) is 0. The van der Waals surface area contributed by atoms with Crippen molar-refractivity contribution in [1.82, 2.24) is 0 Å². The summed E-state index contributed by atoms with van der Waals surface area (Å²) in [6.07, 6.45) is 1.68. The molecule has 0 unspecified atom stereocenters. The van der Waals surface area contributed by atoms with Gasteiger partial charge in [-0.05, 0) is 72.7 Å². The molecule has 3 aromatic rings. The number of aryl methyl sites for hydroxylation is 1. The fraction of sp³-hybridized carbons (Fsp3) is 0.125. The van der Waals surface area contributed by atoms with E-state index in [2.05, 4.69) is 6.07 Å². The van der Waals surface area contributed by atoms with Gasteiger partial charge in [-0.3, -0.25) is 0 Å². The summed E-state index contributed by atoms with van der Waals surface area (Å²) in [5, 5.41) is 9.56. The molecule has 0 N–H and O–H groups in total. The highest BCUT2D eigenvalue weighted by molar-refractivity contribution is 7.87. The average molecular weight is 436 g/mol. The number of methoxy groups -OCH3 is 2. The number of nitriles is 1. The van der Waals surface area contributed by atoms with E-state index < -0.39 is 10.1 Å². The summed E-state index contributed by atoms with van der Waals surface area (Å²) in [7, 11) is -1.02. The van der Waals surface area contributed by atoms with Gasteiger partial charge < -0.3 is 13.7 Å². The molecule has 0 amide bonds. The van der Waals surface area contributed by atoms with Crippen molar-refractivity contribution < 1.29 is 22.1 Å². The van der Waals surface area contributed by atoms with Crippen LogP contribution in [0, 0.1) is 18.3 Å². The maximum Gasteiger partial charge on any atom is 0.339 e. The maximum atomic E-state index is 12.6. The van der Waals surface area contributed by atoms with Crippen LogP contribution in [-0.4, -0.2) is 22.6 Å². The van der Waals surface area contributed by atoms with Crippen molar-refractivity contribution in [3.05, 3.63) is 83.4 Å². The molecule has 0 aromatic heterocycles. The highest BCUT2D eigenvalue weighted by Gasteiger charge is 2.19. The summed E-state index contributed by atoms with van der Waals surface area (Å²) >= 11 is 0. The Labute approximate surface area is 182 Å². The fourth-order valence-electron chi connectivity index (χ4n) is 2.83. The maximum absolute atomic E-state index is 12.6. The Kier molecular flexibility index (Phi) is 6.63. The highest BCUT2D eigenvalue weighted by atomic mass is 32.2. The van der Waals surface area contributed by atoms with Crippen LogP contribution in [0.5, 0.6) is 17.2 Å². The van der Waals surface area contributed by atoms with Gasteiger partial charge in [-0.25, -0.2) is 0 Å². The van der Waals surface area contributed by atoms with Gasteiger partial charge in [0.05, 0.1) is 25.9 Å². The van der Waals surface area contributed by atoms with Gasteiger partial charge in [0.15, 0.2) is 11.5 Å². The van der Waals surface area contributed by atoms with E-state index in [1.54, 1.807) is 61.7 Å². The number of allylic oxidation sites excluding steroid dienone is 1. The molecule has 31 heavy (non-hydrogen) atoms. The van der Waals surface area contributed by atoms with E-state index >= 15 is 0 Å². The van der Waals surface area contributed by atoms with Crippen LogP contribution in [0.15, 0.2) is 71.6 Å². The van der Waals surface area contributed by atoms with E-state index in [1.807, 2.05) is 6.92 Å². The molecule has 0 heterocycles. The molecule has 6 nitrogen and oxygen atoms in total. The van der Waals surface area contributed by atoms with Crippen LogP contribution in [-0.2, 0) is 10.1 Å². The van der Waals surface area contributed by atoms with Crippen LogP contribution in [0.2, 0.25) is 0 Å². The Morgan fingerprint density at radius 1 is 0.903 bits per heavy atom. The lowest BCUT2D eigenvalue weighted by Crippen LogP contribution is -2.10. The zero-order chi connectivity index (χ0) is 22.4. The third kappa shape index (κ3) is 5.24. The van der Waals surface area contributed by atoms with E-state index in [0.717, 1.165) is 11.1 Å². The average Bonchev–Trinajstić information content (AvgIpc) is 2.78. The Morgan fingerprint density at radius 3 is 2.16 bits per heavy atom. The van der Waals surface area contributed by atoms with Crippen LogP contribution >= 0.6 is 0 Å². The number of rotatable bonds is 7. The fourth-order valence-corrected chi connectivity index (χ4v) is 3.77. The van der Waals surface area contributed by atoms with Gasteiger partial charge >= 0.3 is 10.1 Å². The van der Waals surface area contributed by atoms with Gasteiger partial charge in [-0.15, -0.1) is 0 Å². The first-order chi connectivity index (χ1) is 14.9. The first kappa shape index (κ1) is 21.9. The Morgan fingerprint density at radius 2 is 1.58 bits per heavy atom. The number of hydrogen-bond acceptors (Lipinski definition) is 6. The molecule has 3 aromatic carbocycles. The number of benzene rings is 3. The zero-order valence-electron chi connectivity index (χ0n) is 17.3. The van der Waals surface area contributed by atoms with Gasteiger partial charge in [0.2, 0.25) is 0 Å². The normalized spacial score (nSPS) is 11.5. The van der Waals surface area contributed by atoms with Crippen molar-refractivity contribution in [1.29, 1.82) is 5.26 Å². The van der Waals surface area contributed by atoms with E-state index in [-0.39, 0.29) is 16.4 Å². The lowest BCUT2D eigenvalue weighted by atomic mass is 10.0. The third-order valence-corrected chi connectivity index (χ3v) is 5.78. The highest BCUT2D eigenvalue weighted by Crippen LogP contribution is 2.32. The summed E-state index contributed by atoms with van der Waals surface area (Å²) in [5.41, 5.74) is 2.76. The minimum Gasteiger partial charge on any atom is -0.497 e. The van der Waals surface area contributed by atoms with Crippen LogP contribution in [0.3, 0.4) is 0 Å². The first-order valence-corrected chi connectivity index (χ1v) is 10.7. The van der Waals surface area contributed by atoms with Gasteiger partial charge in [-0.2, -0.15) is 13.7 Å². The quantitative estimate of drug-likeness (QED) is 0.300. The van der Waals surface area contributed by atoms with E-state index in [1.165, 1.54) is 25.3 Å². The molecule has 0 saturated carbocycles. The first-order valence-electron chi connectivity index (χ1n) is 9.31. The summed E-state index contributed by atoms with van der Waals surface area (Å²) in [5.74, 6) is 0.985.